The van der Waals surface area contributed by atoms with Crippen molar-refractivity contribution in [1.82, 2.24) is 5.32 Å². The molecule has 150 valence electrons. The number of esters is 1. The lowest BCUT2D eigenvalue weighted by Crippen LogP contribution is -2.30. The highest BCUT2D eigenvalue weighted by molar-refractivity contribution is 7.18. The Morgan fingerprint density at radius 1 is 1.03 bits per heavy atom. The van der Waals surface area contributed by atoms with Gasteiger partial charge in [0.1, 0.15) is 4.88 Å². The van der Waals surface area contributed by atoms with E-state index in [1.807, 2.05) is 73.7 Å². The van der Waals surface area contributed by atoms with Crippen LogP contribution in [0, 0.1) is 0 Å². The molecular formula is C23H24N2O3S. The predicted octanol–water partition coefficient (Wildman–Crippen LogP) is 4.88. The van der Waals surface area contributed by atoms with Crippen LogP contribution in [0.4, 0.5) is 5.69 Å². The number of carbonyl (C=O) groups excluding carboxylic acids is 2. The summed E-state index contributed by atoms with van der Waals surface area (Å²) in [5, 5.41) is 6.06. The van der Waals surface area contributed by atoms with E-state index in [9.17, 15) is 9.59 Å². The normalized spacial score (nSPS) is 11.7. The first kappa shape index (κ1) is 20.8. The van der Waals surface area contributed by atoms with E-state index in [1.54, 1.807) is 6.92 Å². The summed E-state index contributed by atoms with van der Waals surface area (Å²) in [5.41, 5.74) is 2.57. The van der Waals surface area contributed by atoms with Crippen molar-refractivity contribution in [3.63, 3.8) is 0 Å². The number of nitrogens with one attached hydrogen (secondary N) is 2. The smallest absolute Gasteiger partial charge is 0.350 e. The van der Waals surface area contributed by atoms with Gasteiger partial charge in [0.05, 0.1) is 18.8 Å². The van der Waals surface area contributed by atoms with E-state index in [0.717, 1.165) is 16.0 Å². The largest absolute Gasteiger partial charge is 0.462 e. The zero-order chi connectivity index (χ0) is 20.6. The van der Waals surface area contributed by atoms with Crippen molar-refractivity contribution in [3.05, 3.63) is 77.2 Å². The second kappa shape index (κ2) is 10.0. The van der Waals surface area contributed by atoms with Crippen LogP contribution in [0.15, 0.2) is 66.7 Å². The first-order valence-corrected chi connectivity index (χ1v) is 10.3. The highest BCUT2D eigenvalue weighted by Gasteiger charge is 2.20. The van der Waals surface area contributed by atoms with Gasteiger partial charge in [-0.2, -0.15) is 0 Å². The summed E-state index contributed by atoms with van der Waals surface area (Å²) in [5.74, 6) is -0.642. The van der Waals surface area contributed by atoms with Crippen LogP contribution in [0.2, 0.25) is 0 Å². The molecule has 1 amide bonds. The first-order valence-electron chi connectivity index (χ1n) is 9.53. The molecule has 5 nitrogen and oxygen atoms in total. The minimum Gasteiger partial charge on any atom is -0.462 e. The molecule has 0 spiro atoms. The van der Waals surface area contributed by atoms with E-state index in [-0.39, 0.29) is 25.1 Å². The molecule has 3 aromatic rings. The molecule has 0 bridgehead atoms. The number of anilines is 1. The standard InChI is InChI=1S/C23H24N2O3S/c1-3-28-23(27)22-19(14-20(29-22)18-12-8-5-9-13-18)25-21(26)15-24-16(2)17-10-6-4-7-11-17/h4-14,16,24H,3,15H2,1-2H3,(H,25,26). The van der Waals surface area contributed by atoms with Crippen molar-refractivity contribution in [1.29, 1.82) is 0 Å². The third-order valence-corrected chi connectivity index (χ3v) is 5.56. The fraction of sp³-hybridized carbons (Fsp3) is 0.217. The summed E-state index contributed by atoms with van der Waals surface area (Å²) in [6.45, 7) is 4.18. The summed E-state index contributed by atoms with van der Waals surface area (Å²) >= 11 is 1.31. The minimum atomic E-state index is -0.430. The van der Waals surface area contributed by atoms with Gasteiger partial charge in [-0.15, -0.1) is 11.3 Å². The average Bonchev–Trinajstić information content (AvgIpc) is 3.17. The fourth-order valence-electron chi connectivity index (χ4n) is 2.88. The Bertz CT molecular complexity index is 955. The van der Waals surface area contributed by atoms with Crippen LogP contribution >= 0.6 is 11.3 Å². The Balaban J connectivity index is 1.72. The highest BCUT2D eigenvalue weighted by Crippen LogP contribution is 2.35. The second-order valence-electron chi connectivity index (χ2n) is 6.50. The maximum Gasteiger partial charge on any atom is 0.350 e. The molecule has 6 heteroatoms. The summed E-state index contributed by atoms with van der Waals surface area (Å²) in [6.07, 6.45) is 0. The Morgan fingerprint density at radius 3 is 2.34 bits per heavy atom. The van der Waals surface area contributed by atoms with E-state index < -0.39 is 5.97 Å². The number of benzene rings is 2. The Labute approximate surface area is 174 Å². The molecule has 0 radical (unpaired) electrons. The zero-order valence-electron chi connectivity index (χ0n) is 16.5. The van der Waals surface area contributed by atoms with Gasteiger partial charge in [-0.1, -0.05) is 60.7 Å². The maximum absolute atomic E-state index is 12.5. The Morgan fingerprint density at radius 2 is 1.69 bits per heavy atom. The molecule has 2 aromatic carbocycles. The van der Waals surface area contributed by atoms with Crippen LogP contribution < -0.4 is 10.6 Å². The number of hydrogen-bond donors (Lipinski definition) is 2. The monoisotopic (exact) mass is 408 g/mol. The summed E-state index contributed by atoms with van der Waals surface area (Å²) in [6, 6.07) is 21.5. The van der Waals surface area contributed by atoms with E-state index in [2.05, 4.69) is 10.6 Å². The predicted molar refractivity (Wildman–Crippen MR) is 117 cm³/mol. The van der Waals surface area contributed by atoms with E-state index in [4.69, 9.17) is 4.74 Å². The van der Waals surface area contributed by atoms with Gasteiger partial charge in [-0.05, 0) is 31.0 Å². The third kappa shape index (κ3) is 5.53. The van der Waals surface area contributed by atoms with E-state index >= 15 is 0 Å². The molecule has 0 fully saturated rings. The zero-order valence-corrected chi connectivity index (χ0v) is 17.3. The van der Waals surface area contributed by atoms with Gasteiger partial charge in [-0.25, -0.2) is 4.79 Å². The van der Waals surface area contributed by atoms with Gasteiger partial charge in [-0.3, -0.25) is 4.79 Å². The molecular weight excluding hydrogens is 384 g/mol. The molecule has 0 aliphatic carbocycles. The van der Waals surface area contributed by atoms with Crippen LogP contribution in [0.3, 0.4) is 0 Å². The summed E-state index contributed by atoms with van der Waals surface area (Å²) < 4.78 is 5.16. The summed E-state index contributed by atoms with van der Waals surface area (Å²) in [4.78, 5) is 26.2. The van der Waals surface area contributed by atoms with Crippen molar-refractivity contribution in [3.8, 4) is 10.4 Å². The molecule has 2 N–H and O–H groups in total. The van der Waals surface area contributed by atoms with Crippen molar-refractivity contribution in [2.45, 2.75) is 19.9 Å². The minimum absolute atomic E-state index is 0.0360. The van der Waals surface area contributed by atoms with Crippen molar-refractivity contribution < 1.29 is 14.3 Å². The number of ether oxygens (including phenoxy) is 1. The lowest BCUT2D eigenvalue weighted by molar-refractivity contribution is -0.115. The van der Waals surface area contributed by atoms with Gasteiger partial charge < -0.3 is 15.4 Å². The number of thiophene rings is 1. The topological polar surface area (TPSA) is 67.4 Å². The molecule has 1 heterocycles. The number of carbonyl (C=O) groups is 2. The van der Waals surface area contributed by atoms with Crippen LogP contribution in [-0.2, 0) is 9.53 Å². The quantitative estimate of drug-likeness (QED) is 0.521. The summed E-state index contributed by atoms with van der Waals surface area (Å²) in [7, 11) is 0. The second-order valence-corrected chi connectivity index (χ2v) is 7.55. The average molecular weight is 409 g/mol. The molecule has 1 unspecified atom stereocenters. The van der Waals surface area contributed by atoms with Crippen LogP contribution in [0.1, 0.15) is 35.1 Å². The molecule has 3 rings (SSSR count). The molecule has 0 aliphatic heterocycles. The lowest BCUT2D eigenvalue weighted by Gasteiger charge is -2.14. The fourth-order valence-corrected chi connectivity index (χ4v) is 3.89. The molecule has 0 saturated carbocycles. The number of amides is 1. The Kier molecular flexibility index (Phi) is 7.16. The van der Waals surface area contributed by atoms with E-state index in [1.165, 1.54) is 11.3 Å². The van der Waals surface area contributed by atoms with Gasteiger partial charge in [0.2, 0.25) is 5.91 Å². The molecule has 0 aliphatic rings. The van der Waals surface area contributed by atoms with E-state index in [0.29, 0.717) is 10.6 Å². The number of hydrogen-bond acceptors (Lipinski definition) is 5. The maximum atomic E-state index is 12.5. The SMILES string of the molecule is CCOC(=O)c1sc(-c2ccccc2)cc1NC(=O)CNC(C)c1ccccc1. The Hall–Kier alpha value is -2.96. The lowest BCUT2D eigenvalue weighted by atomic mass is 10.1. The van der Waals surface area contributed by atoms with Crippen LogP contribution in [0.25, 0.3) is 10.4 Å². The third-order valence-electron chi connectivity index (χ3n) is 4.39. The van der Waals surface area contributed by atoms with Gasteiger partial charge >= 0.3 is 5.97 Å². The molecule has 0 saturated heterocycles. The highest BCUT2D eigenvalue weighted by atomic mass is 32.1. The van der Waals surface area contributed by atoms with Crippen molar-refractivity contribution in [2.24, 2.45) is 0 Å². The van der Waals surface area contributed by atoms with Gasteiger partial charge in [0, 0.05) is 10.9 Å². The molecule has 1 atom stereocenters. The first-order chi connectivity index (χ1) is 14.1. The van der Waals surface area contributed by atoms with Gasteiger partial charge in [0.25, 0.3) is 0 Å². The van der Waals surface area contributed by atoms with Crippen LogP contribution in [-0.4, -0.2) is 25.0 Å². The van der Waals surface area contributed by atoms with Gasteiger partial charge in [0.15, 0.2) is 0 Å². The number of rotatable bonds is 8. The van der Waals surface area contributed by atoms with Crippen molar-refractivity contribution in [2.75, 3.05) is 18.5 Å². The molecule has 1 aromatic heterocycles. The molecule has 29 heavy (non-hydrogen) atoms. The van der Waals surface area contributed by atoms with Crippen molar-refractivity contribution >= 4 is 28.9 Å². The van der Waals surface area contributed by atoms with Crippen LogP contribution in [0.5, 0.6) is 0 Å².